The molecule has 0 aliphatic carbocycles. The molecule has 2 aromatic heterocycles. The van der Waals surface area contributed by atoms with Crippen LogP contribution in [0.3, 0.4) is 0 Å². The number of aromatic nitrogens is 4. The Bertz CT molecular complexity index is 816. The lowest BCUT2D eigenvalue weighted by Crippen LogP contribution is -2.47. The molecule has 0 spiro atoms. The van der Waals surface area contributed by atoms with Crippen molar-refractivity contribution in [2.45, 2.75) is 24.3 Å². The normalized spacial score (nSPS) is 16.2. The van der Waals surface area contributed by atoms with Crippen LogP contribution < -0.4 is 4.90 Å². The minimum atomic E-state index is -3.19. The number of hydrogen-bond acceptors (Lipinski definition) is 7. The van der Waals surface area contributed by atoms with Gasteiger partial charge in [0.1, 0.15) is 4.90 Å². The molecule has 1 aliphatic rings. The molecule has 0 saturated carbocycles. The fraction of sp³-hybridized carbons (Fsp3) is 0.562. The number of nitrogens with zero attached hydrogens (tertiary/aromatic N) is 6. The Hall–Kier alpha value is -2.07. The van der Waals surface area contributed by atoms with Gasteiger partial charge >= 0.3 is 0 Å². The van der Waals surface area contributed by atoms with Crippen LogP contribution in [0.2, 0.25) is 0 Å². The zero-order chi connectivity index (χ0) is 18.6. The molecular formula is C16H23FN6O2S. The van der Waals surface area contributed by atoms with Crippen LogP contribution in [0.15, 0.2) is 29.7 Å². The molecule has 2 aromatic rings. The number of piperazine rings is 1. The second-order valence-electron chi connectivity index (χ2n) is 6.45. The fourth-order valence-electron chi connectivity index (χ4n) is 2.91. The van der Waals surface area contributed by atoms with Gasteiger partial charge in [-0.15, -0.1) is 0 Å². The van der Waals surface area contributed by atoms with E-state index >= 15 is 0 Å². The number of aryl methyl sites for hydroxylation is 1. The maximum Gasteiger partial charge on any atom is 0.225 e. The van der Waals surface area contributed by atoms with E-state index in [4.69, 9.17) is 0 Å². The van der Waals surface area contributed by atoms with E-state index in [0.717, 1.165) is 45.6 Å². The molecule has 3 heterocycles. The van der Waals surface area contributed by atoms with E-state index < -0.39 is 15.7 Å². The van der Waals surface area contributed by atoms with Crippen LogP contribution in [0.5, 0.6) is 0 Å². The zero-order valence-corrected chi connectivity index (χ0v) is 15.6. The quantitative estimate of drug-likeness (QED) is 0.656. The summed E-state index contributed by atoms with van der Waals surface area (Å²) in [6, 6.07) is 0. The Kier molecular flexibility index (Phi) is 5.82. The summed E-state index contributed by atoms with van der Waals surface area (Å²) >= 11 is 0. The Morgan fingerprint density at radius 1 is 1.04 bits per heavy atom. The van der Waals surface area contributed by atoms with Gasteiger partial charge in [0.25, 0.3) is 0 Å². The molecule has 8 nitrogen and oxygen atoms in total. The third-order valence-electron chi connectivity index (χ3n) is 4.41. The molecule has 26 heavy (non-hydrogen) atoms. The number of anilines is 1. The minimum Gasteiger partial charge on any atom is -0.338 e. The zero-order valence-electron chi connectivity index (χ0n) is 14.8. The smallest absolute Gasteiger partial charge is 0.225 e. The van der Waals surface area contributed by atoms with E-state index in [9.17, 15) is 12.8 Å². The van der Waals surface area contributed by atoms with Gasteiger partial charge in [0.2, 0.25) is 5.95 Å². The third kappa shape index (κ3) is 4.98. The molecule has 0 atom stereocenters. The Morgan fingerprint density at radius 3 is 2.31 bits per heavy atom. The first kappa shape index (κ1) is 18.7. The molecule has 1 fully saturated rings. The van der Waals surface area contributed by atoms with Gasteiger partial charge in [-0.05, 0) is 19.4 Å². The van der Waals surface area contributed by atoms with Crippen molar-refractivity contribution in [3.63, 3.8) is 0 Å². The van der Waals surface area contributed by atoms with Gasteiger partial charge in [0, 0.05) is 45.2 Å². The maximum atomic E-state index is 12.9. The predicted octanol–water partition coefficient (Wildman–Crippen LogP) is 0.818. The highest BCUT2D eigenvalue weighted by atomic mass is 32.2. The van der Waals surface area contributed by atoms with Crippen LogP contribution >= 0.6 is 0 Å². The Labute approximate surface area is 152 Å². The van der Waals surface area contributed by atoms with Crippen molar-refractivity contribution in [2.24, 2.45) is 0 Å². The largest absolute Gasteiger partial charge is 0.338 e. The van der Waals surface area contributed by atoms with Gasteiger partial charge in [-0.3, -0.25) is 9.58 Å². The van der Waals surface area contributed by atoms with Gasteiger partial charge in [0.15, 0.2) is 15.7 Å². The summed E-state index contributed by atoms with van der Waals surface area (Å²) in [7, 11) is -3.19. The molecule has 0 radical (unpaired) electrons. The van der Waals surface area contributed by atoms with Crippen LogP contribution in [-0.2, 0) is 16.4 Å². The number of unbranched alkanes of at least 4 members (excludes halogenated alkanes) is 1. The van der Waals surface area contributed by atoms with E-state index in [1.54, 1.807) is 10.9 Å². The van der Waals surface area contributed by atoms with Gasteiger partial charge in [0.05, 0.1) is 18.6 Å². The topological polar surface area (TPSA) is 84.2 Å². The van der Waals surface area contributed by atoms with Crippen molar-refractivity contribution in [1.82, 2.24) is 24.6 Å². The molecule has 142 valence electrons. The summed E-state index contributed by atoms with van der Waals surface area (Å²) in [5.74, 6) is 0.152. The van der Waals surface area contributed by atoms with Gasteiger partial charge in [-0.25, -0.2) is 22.8 Å². The molecule has 0 aromatic carbocycles. The van der Waals surface area contributed by atoms with Crippen molar-refractivity contribution in [3.05, 3.63) is 30.6 Å². The van der Waals surface area contributed by atoms with Crippen molar-refractivity contribution in [2.75, 3.05) is 43.9 Å². The van der Waals surface area contributed by atoms with Crippen molar-refractivity contribution >= 4 is 15.8 Å². The molecule has 3 rings (SSSR count). The highest BCUT2D eigenvalue weighted by molar-refractivity contribution is 7.90. The number of sulfone groups is 1. The summed E-state index contributed by atoms with van der Waals surface area (Å²) in [6.07, 6.45) is 8.50. The third-order valence-corrected chi connectivity index (χ3v) is 5.48. The SMILES string of the molecule is CS(=O)(=O)c1cnn(CCCCN2CCN(c3ncc(F)cn3)CC2)c1. The first-order chi connectivity index (χ1) is 12.4. The van der Waals surface area contributed by atoms with Gasteiger partial charge in [-0.2, -0.15) is 5.10 Å². The monoisotopic (exact) mass is 382 g/mol. The Morgan fingerprint density at radius 2 is 1.69 bits per heavy atom. The molecule has 0 amide bonds. The summed E-state index contributed by atoms with van der Waals surface area (Å²) in [6.45, 7) is 5.17. The van der Waals surface area contributed by atoms with E-state index in [-0.39, 0.29) is 4.90 Å². The summed E-state index contributed by atoms with van der Waals surface area (Å²) in [4.78, 5) is 12.8. The average Bonchev–Trinajstić information content (AvgIpc) is 3.09. The molecular weight excluding hydrogens is 359 g/mol. The van der Waals surface area contributed by atoms with Crippen LogP contribution in [0.25, 0.3) is 0 Å². The minimum absolute atomic E-state index is 0.261. The van der Waals surface area contributed by atoms with Crippen LogP contribution in [0, 0.1) is 5.82 Å². The molecule has 0 unspecified atom stereocenters. The highest BCUT2D eigenvalue weighted by Gasteiger charge is 2.18. The number of rotatable bonds is 7. The second-order valence-corrected chi connectivity index (χ2v) is 8.46. The lowest BCUT2D eigenvalue weighted by molar-refractivity contribution is 0.249. The summed E-state index contributed by atoms with van der Waals surface area (Å²) in [5.41, 5.74) is 0. The van der Waals surface area contributed by atoms with E-state index in [2.05, 4.69) is 24.9 Å². The summed E-state index contributed by atoms with van der Waals surface area (Å²) in [5, 5.41) is 4.09. The number of hydrogen-bond donors (Lipinski definition) is 0. The van der Waals surface area contributed by atoms with Gasteiger partial charge in [-0.1, -0.05) is 0 Å². The van der Waals surface area contributed by atoms with Crippen LogP contribution in [-0.4, -0.2) is 72.0 Å². The standard InChI is InChI=1S/C16H23FN6O2S/c1-26(24,25)15-12-20-23(13-15)5-3-2-4-21-6-8-22(9-7-21)16-18-10-14(17)11-19-16/h10-13H,2-9H2,1H3. The molecule has 10 heteroatoms. The lowest BCUT2D eigenvalue weighted by atomic mass is 10.2. The molecule has 0 N–H and O–H groups in total. The van der Waals surface area contributed by atoms with Crippen LogP contribution in [0.1, 0.15) is 12.8 Å². The number of halogens is 1. The summed E-state index contributed by atoms with van der Waals surface area (Å²) < 4.78 is 37.4. The predicted molar refractivity (Wildman–Crippen MR) is 95.2 cm³/mol. The fourth-order valence-corrected chi connectivity index (χ4v) is 3.46. The van der Waals surface area contributed by atoms with Crippen molar-refractivity contribution in [3.8, 4) is 0 Å². The molecule has 1 aliphatic heterocycles. The van der Waals surface area contributed by atoms with E-state index in [0.29, 0.717) is 12.5 Å². The first-order valence-electron chi connectivity index (χ1n) is 8.59. The maximum absolute atomic E-state index is 12.9. The molecule has 1 saturated heterocycles. The lowest BCUT2D eigenvalue weighted by Gasteiger charge is -2.34. The van der Waals surface area contributed by atoms with Crippen LogP contribution in [0.4, 0.5) is 10.3 Å². The van der Waals surface area contributed by atoms with Gasteiger partial charge < -0.3 is 4.90 Å². The van der Waals surface area contributed by atoms with E-state index in [1.165, 1.54) is 24.8 Å². The molecule has 0 bridgehead atoms. The first-order valence-corrected chi connectivity index (χ1v) is 10.5. The second kappa shape index (κ2) is 8.09. The Balaban J connectivity index is 1.36. The average molecular weight is 382 g/mol. The van der Waals surface area contributed by atoms with Crippen molar-refractivity contribution in [1.29, 1.82) is 0 Å². The highest BCUT2D eigenvalue weighted by Crippen LogP contribution is 2.12. The van der Waals surface area contributed by atoms with E-state index in [1.807, 2.05) is 0 Å². The van der Waals surface area contributed by atoms with Crippen molar-refractivity contribution < 1.29 is 12.8 Å².